The molecule has 0 radical (unpaired) electrons. The molecule has 24 heavy (non-hydrogen) atoms. The largest absolute Gasteiger partial charge is 0.441 e. The van der Waals surface area contributed by atoms with Crippen molar-refractivity contribution in [3.8, 4) is 11.3 Å². The zero-order valence-corrected chi connectivity index (χ0v) is 13.8. The third-order valence-electron chi connectivity index (χ3n) is 4.61. The molecule has 2 aromatic rings. The van der Waals surface area contributed by atoms with Gasteiger partial charge < -0.3 is 14.8 Å². The number of oxazole rings is 1. The predicted octanol–water partition coefficient (Wildman–Crippen LogP) is 2.94. The zero-order valence-electron chi connectivity index (χ0n) is 13.8. The number of aliphatic hydroxyl groups is 1. The van der Waals surface area contributed by atoms with E-state index in [1.807, 2.05) is 30.3 Å². The van der Waals surface area contributed by atoms with Gasteiger partial charge in [0.05, 0.1) is 12.3 Å². The lowest BCUT2D eigenvalue weighted by Gasteiger charge is -2.27. The number of nitrogens with zero attached hydrogens (tertiary/aromatic N) is 1. The zero-order chi connectivity index (χ0) is 16.8. The molecule has 2 atom stereocenters. The molecule has 0 unspecified atom stereocenters. The molecule has 1 amide bonds. The molecule has 0 bridgehead atoms. The Morgan fingerprint density at radius 1 is 1.25 bits per heavy atom. The van der Waals surface area contributed by atoms with Crippen molar-refractivity contribution in [3.63, 3.8) is 0 Å². The summed E-state index contributed by atoms with van der Waals surface area (Å²) in [6.45, 7) is 0.556. The number of aromatic nitrogens is 1. The van der Waals surface area contributed by atoms with E-state index in [2.05, 4.69) is 10.3 Å². The first-order valence-electron chi connectivity index (χ1n) is 8.67. The molecule has 2 N–H and O–H groups in total. The first-order chi connectivity index (χ1) is 11.7. The summed E-state index contributed by atoms with van der Waals surface area (Å²) >= 11 is 0. The van der Waals surface area contributed by atoms with Crippen molar-refractivity contribution in [1.82, 2.24) is 10.3 Å². The Balaban J connectivity index is 1.44. The van der Waals surface area contributed by atoms with Gasteiger partial charge in [-0.2, -0.15) is 0 Å². The summed E-state index contributed by atoms with van der Waals surface area (Å²) in [6.07, 6.45) is 6.29. The van der Waals surface area contributed by atoms with Gasteiger partial charge in [0.1, 0.15) is 0 Å². The van der Waals surface area contributed by atoms with Crippen LogP contribution >= 0.6 is 0 Å². The molecule has 1 heterocycles. The van der Waals surface area contributed by atoms with Gasteiger partial charge in [-0.25, -0.2) is 4.98 Å². The SMILES string of the molecule is O=C(CCc1ncc(-c2ccccc2)o1)NC[C@H]1CCCC[C@H]1O. The minimum atomic E-state index is -0.278. The molecule has 5 heteroatoms. The van der Waals surface area contributed by atoms with E-state index in [1.165, 1.54) is 0 Å². The van der Waals surface area contributed by atoms with Crippen molar-refractivity contribution >= 4 is 5.91 Å². The molecule has 0 saturated heterocycles. The number of benzene rings is 1. The van der Waals surface area contributed by atoms with Crippen LogP contribution in [0.3, 0.4) is 0 Å². The van der Waals surface area contributed by atoms with E-state index < -0.39 is 0 Å². The molecule has 0 spiro atoms. The number of aryl methyl sites for hydroxylation is 1. The predicted molar refractivity (Wildman–Crippen MR) is 91.2 cm³/mol. The van der Waals surface area contributed by atoms with Gasteiger partial charge in [-0.1, -0.05) is 43.2 Å². The van der Waals surface area contributed by atoms with Crippen LogP contribution < -0.4 is 5.32 Å². The van der Waals surface area contributed by atoms with E-state index in [0.29, 0.717) is 25.3 Å². The number of carbonyl (C=O) groups is 1. The quantitative estimate of drug-likeness (QED) is 0.855. The summed E-state index contributed by atoms with van der Waals surface area (Å²) in [5.74, 6) is 1.46. The molecular weight excluding hydrogens is 304 g/mol. The van der Waals surface area contributed by atoms with Crippen LogP contribution in [0.15, 0.2) is 40.9 Å². The highest BCUT2D eigenvalue weighted by Crippen LogP contribution is 2.23. The molecule has 1 aliphatic rings. The van der Waals surface area contributed by atoms with E-state index in [-0.39, 0.29) is 17.9 Å². The average molecular weight is 328 g/mol. The highest BCUT2D eigenvalue weighted by atomic mass is 16.4. The van der Waals surface area contributed by atoms with Gasteiger partial charge in [-0.3, -0.25) is 4.79 Å². The van der Waals surface area contributed by atoms with E-state index >= 15 is 0 Å². The summed E-state index contributed by atoms with van der Waals surface area (Å²) < 4.78 is 5.70. The van der Waals surface area contributed by atoms with Gasteiger partial charge in [0.25, 0.3) is 0 Å². The first kappa shape index (κ1) is 16.7. The Labute approximate surface area is 142 Å². The van der Waals surface area contributed by atoms with Gasteiger partial charge >= 0.3 is 0 Å². The number of hydrogen-bond acceptors (Lipinski definition) is 4. The molecule has 0 aliphatic heterocycles. The van der Waals surface area contributed by atoms with Crippen molar-refractivity contribution in [1.29, 1.82) is 0 Å². The molecule has 5 nitrogen and oxygen atoms in total. The normalized spacial score (nSPS) is 20.7. The molecule has 3 rings (SSSR count). The third-order valence-corrected chi connectivity index (χ3v) is 4.61. The fraction of sp³-hybridized carbons (Fsp3) is 0.474. The Morgan fingerprint density at radius 3 is 2.83 bits per heavy atom. The van der Waals surface area contributed by atoms with Crippen molar-refractivity contribution in [2.45, 2.75) is 44.6 Å². The molecule has 1 aromatic heterocycles. The Kier molecular flexibility index (Phi) is 5.64. The minimum absolute atomic E-state index is 0.0211. The Morgan fingerprint density at radius 2 is 2.04 bits per heavy atom. The summed E-state index contributed by atoms with van der Waals surface area (Å²) in [6, 6.07) is 9.78. The fourth-order valence-electron chi connectivity index (χ4n) is 3.14. The molecule has 1 aromatic carbocycles. The summed E-state index contributed by atoms with van der Waals surface area (Å²) in [7, 11) is 0. The van der Waals surface area contributed by atoms with E-state index in [0.717, 1.165) is 37.0 Å². The van der Waals surface area contributed by atoms with Gasteiger partial charge in [0.2, 0.25) is 5.91 Å². The Bertz CT molecular complexity index is 654. The van der Waals surface area contributed by atoms with Gasteiger partial charge in [-0.05, 0) is 12.8 Å². The maximum Gasteiger partial charge on any atom is 0.220 e. The lowest BCUT2D eigenvalue weighted by Crippen LogP contribution is -2.36. The topological polar surface area (TPSA) is 75.4 Å². The van der Waals surface area contributed by atoms with Crippen molar-refractivity contribution in [2.24, 2.45) is 5.92 Å². The number of aliphatic hydroxyl groups excluding tert-OH is 1. The maximum atomic E-state index is 12.0. The van der Waals surface area contributed by atoms with E-state index in [4.69, 9.17) is 4.42 Å². The van der Waals surface area contributed by atoms with Crippen molar-refractivity contribution in [2.75, 3.05) is 6.54 Å². The first-order valence-corrected chi connectivity index (χ1v) is 8.67. The van der Waals surface area contributed by atoms with Crippen molar-refractivity contribution < 1.29 is 14.3 Å². The minimum Gasteiger partial charge on any atom is -0.441 e. The molecular formula is C19H24N2O3. The van der Waals surface area contributed by atoms with Crippen LogP contribution in [-0.4, -0.2) is 28.6 Å². The number of hydrogen-bond donors (Lipinski definition) is 2. The number of amides is 1. The lowest BCUT2D eigenvalue weighted by atomic mass is 9.86. The van der Waals surface area contributed by atoms with Crippen LogP contribution in [0.5, 0.6) is 0 Å². The molecule has 1 fully saturated rings. The Hall–Kier alpha value is -2.14. The standard InChI is InChI=1S/C19H24N2O3/c22-16-9-5-4-8-15(16)12-20-18(23)10-11-19-21-13-17(24-19)14-6-2-1-3-7-14/h1-3,6-7,13,15-16,22H,4-5,8-12H2,(H,20,23)/t15-,16-/m1/s1. The van der Waals surface area contributed by atoms with Gasteiger partial charge in [-0.15, -0.1) is 0 Å². The molecule has 1 aliphatic carbocycles. The second kappa shape index (κ2) is 8.11. The van der Waals surface area contributed by atoms with Gasteiger partial charge in [0.15, 0.2) is 11.7 Å². The van der Waals surface area contributed by atoms with Crippen LogP contribution in [0, 0.1) is 5.92 Å². The van der Waals surface area contributed by atoms with E-state index in [9.17, 15) is 9.90 Å². The van der Waals surface area contributed by atoms with Crippen LogP contribution in [0.1, 0.15) is 38.0 Å². The summed E-state index contributed by atoms with van der Waals surface area (Å²) in [5, 5.41) is 12.8. The number of rotatable bonds is 6. The highest BCUT2D eigenvalue weighted by Gasteiger charge is 2.23. The number of carbonyl (C=O) groups excluding carboxylic acids is 1. The van der Waals surface area contributed by atoms with Crippen LogP contribution in [0.25, 0.3) is 11.3 Å². The van der Waals surface area contributed by atoms with Crippen LogP contribution in [-0.2, 0) is 11.2 Å². The van der Waals surface area contributed by atoms with Crippen molar-refractivity contribution in [3.05, 3.63) is 42.4 Å². The third kappa shape index (κ3) is 4.45. The summed E-state index contributed by atoms with van der Waals surface area (Å²) in [5.41, 5.74) is 0.979. The molecule has 1 saturated carbocycles. The second-order valence-corrected chi connectivity index (χ2v) is 6.40. The fourth-order valence-corrected chi connectivity index (χ4v) is 3.14. The smallest absolute Gasteiger partial charge is 0.220 e. The monoisotopic (exact) mass is 328 g/mol. The number of nitrogens with one attached hydrogen (secondary N) is 1. The van der Waals surface area contributed by atoms with Crippen LogP contribution in [0.4, 0.5) is 0 Å². The average Bonchev–Trinajstić information content (AvgIpc) is 3.09. The highest BCUT2D eigenvalue weighted by molar-refractivity contribution is 5.76. The van der Waals surface area contributed by atoms with Gasteiger partial charge in [0, 0.05) is 30.9 Å². The van der Waals surface area contributed by atoms with Crippen LogP contribution in [0.2, 0.25) is 0 Å². The lowest BCUT2D eigenvalue weighted by molar-refractivity contribution is -0.121. The maximum absolute atomic E-state index is 12.0. The van der Waals surface area contributed by atoms with E-state index in [1.54, 1.807) is 6.20 Å². The summed E-state index contributed by atoms with van der Waals surface area (Å²) in [4.78, 5) is 16.2. The molecule has 128 valence electrons. The second-order valence-electron chi connectivity index (χ2n) is 6.40.